The summed E-state index contributed by atoms with van der Waals surface area (Å²) in [6, 6.07) is 7.49. The molecule has 116 valence electrons. The van der Waals surface area contributed by atoms with Gasteiger partial charge in [0, 0.05) is 5.56 Å². The molecular formula is C16H17LiN2O3S. The molecule has 0 saturated carbocycles. The fourth-order valence-electron chi connectivity index (χ4n) is 1.79. The zero-order valence-electron chi connectivity index (χ0n) is 12.6. The van der Waals surface area contributed by atoms with Crippen molar-refractivity contribution in [3.05, 3.63) is 29.5 Å². The van der Waals surface area contributed by atoms with E-state index in [2.05, 4.69) is 11.1 Å². The molecule has 0 atom stereocenters. The minimum atomic E-state index is 0. The van der Waals surface area contributed by atoms with Crippen molar-refractivity contribution in [3.63, 3.8) is 0 Å². The molecule has 7 heteroatoms. The Hall–Kier alpha value is -1.79. The second kappa shape index (κ2) is 8.74. The maximum absolute atomic E-state index is 10.4. The molecule has 0 fully saturated rings. The zero-order valence-corrected chi connectivity index (χ0v) is 13.4. The summed E-state index contributed by atoms with van der Waals surface area (Å²) < 4.78 is 10.5. The van der Waals surface area contributed by atoms with E-state index in [-0.39, 0.29) is 18.9 Å². The summed E-state index contributed by atoms with van der Waals surface area (Å²) in [4.78, 5) is 14.8. The molecule has 0 aliphatic rings. The van der Waals surface area contributed by atoms with E-state index in [1.54, 1.807) is 19.1 Å². The van der Waals surface area contributed by atoms with E-state index in [0.29, 0.717) is 46.1 Å². The van der Waals surface area contributed by atoms with Crippen LogP contribution in [0.5, 0.6) is 10.8 Å². The Morgan fingerprint density at radius 3 is 2.78 bits per heavy atom. The van der Waals surface area contributed by atoms with Crippen LogP contribution in [0.15, 0.2) is 18.2 Å². The summed E-state index contributed by atoms with van der Waals surface area (Å²) in [5.41, 5.74) is 1.90. The van der Waals surface area contributed by atoms with Crippen LogP contribution < -0.4 is 9.47 Å². The SMILES string of the molecule is Cc1nc(-c2ccc(OCC(C)C)c(C#N)c2)sc1OC=O.[LiH]. The van der Waals surface area contributed by atoms with Gasteiger partial charge in [0.15, 0.2) is 0 Å². The van der Waals surface area contributed by atoms with Gasteiger partial charge in [-0.05, 0) is 31.0 Å². The molecule has 0 N–H and O–H groups in total. The first kappa shape index (κ1) is 19.3. The van der Waals surface area contributed by atoms with Crippen molar-refractivity contribution in [2.75, 3.05) is 6.61 Å². The fraction of sp³-hybridized carbons (Fsp3) is 0.312. The maximum atomic E-state index is 10.4. The van der Waals surface area contributed by atoms with Crippen LogP contribution in [0.2, 0.25) is 0 Å². The van der Waals surface area contributed by atoms with Crippen LogP contribution in [-0.4, -0.2) is 36.9 Å². The van der Waals surface area contributed by atoms with Gasteiger partial charge in [-0.3, -0.25) is 4.79 Å². The van der Waals surface area contributed by atoms with Crippen molar-refractivity contribution in [1.29, 1.82) is 5.26 Å². The zero-order chi connectivity index (χ0) is 16.1. The second-order valence-corrected chi connectivity index (χ2v) is 6.10. The Kier molecular flexibility index (Phi) is 7.32. The average molecular weight is 324 g/mol. The monoisotopic (exact) mass is 324 g/mol. The van der Waals surface area contributed by atoms with Crippen molar-refractivity contribution >= 4 is 36.7 Å². The Labute approximate surface area is 151 Å². The van der Waals surface area contributed by atoms with Crippen molar-refractivity contribution in [2.45, 2.75) is 20.8 Å². The van der Waals surface area contributed by atoms with Crippen molar-refractivity contribution in [1.82, 2.24) is 4.98 Å². The Bertz CT molecular complexity index is 723. The van der Waals surface area contributed by atoms with Crippen LogP contribution in [0.3, 0.4) is 0 Å². The molecule has 23 heavy (non-hydrogen) atoms. The van der Waals surface area contributed by atoms with Gasteiger partial charge >= 0.3 is 18.9 Å². The Morgan fingerprint density at radius 2 is 2.17 bits per heavy atom. The number of carbonyl (C=O) groups is 1. The predicted octanol–water partition coefficient (Wildman–Crippen LogP) is 2.91. The molecule has 2 aromatic rings. The van der Waals surface area contributed by atoms with Gasteiger partial charge in [-0.2, -0.15) is 5.26 Å². The van der Waals surface area contributed by atoms with Crippen LogP contribution in [0.25, 0.3) is 10.6 Å². The summed E-state index contributed by atoms with van der Waals surface area (Å²) in [6.07, 6.45) is 0. The summed E-state index contributed by atoms with van der Waals surface area (Å²) in [5.74, 6) is 0.952. The van der Waals surface area contributed by atoms with Gasteiger partial charge in [-0.25, -0.2) is 4.98 Å². The molecule has 5 nitrogen and oxygen atoms in total. The number of rotatable bonds is 6. The van der Waals surface area contributed by atoms with Crippen LogP contribution in [-0.2, 0) is 4.79 Å². The van der Waals surface area contributed by atoms with Crippen LogP contribution in [0.4, 0.5) is 0 Å². The van der Waals surface area contributed by atoms with Gasteiger partial charge in [-0.1, -0.05) is 25.2 Å². The number of hydrogen-bond donors (Lipinski definition) is 0. The number of hydrogen-bond acceptors (Lipinski definition) is 6. The molecule has 0 unspecified atom stereocenters. The number of ether oxygens (including phenoxy) is 2. The van der Waals surface area contributed by atoms with E-state index in [1.165, 1.54) is 11.3 Å². The number of carbonyl (C=O) groups excluding carboxylic acids is 1. The molecule has 0 bridgehead atoms. The number of aromatic nitrogens is 1. The van der Waals surface area contributed by atoms with Gasteiger partial charge in [0.25, 0.3) is 6.47 Å². The van der Waals surface area contributed by atoms with E-state index in [9.17, 15) is 10.1 Å². The first-order chi connectivity index (χ1) is 10.5. The summed E-state index contributed by atoms with van der Waals surface area (Å²) in [5, 5.41) is 10.4. The third kappa shape index (κ3) is 4.84. The van der Waals surface area contributed by atoms with Crippen LogP contribution >= 0.6 is 11.3 Å². The molecule has 1 aromatic carbocycles. The van der Waals surface area contributed by atoms with Gasteiger partial charge < -0.3 is 9.47 Å². The Balaban J connectivity index is 0.00000264. The van der Waals surface area contributed by atoms with Crippen LogP contribution in [0, 0.1) is 24.2 Å². The van der Waals surface area contributed by atoms with Crippen molar-refractivity contribution < 1.29 is 14.3 Å². The number of aryl methyl sites for hydroxylation is 1. The van der Waals surface area contributed by atoms with E-state index < -0.39 is 0 Å². The third-order valence-electron chi connectivity index (χ3n) is 2.83. The third-order valence-corrected chi connectivity index (χ3v) is 3.93. The van der Waals surface area contributed by atoms with E-state index in [1.807, 2.05) is 19.9 Å². The summed E-state index contributed by atoms with van der Waals surface area (Å²) in [7, 11) is 0. The van der Waals surface area contributed by atoms with E-state index in [0.717, 1.165) is 5.56 Å². The van der Waals surface area contributed by atoms with Crippen molar-refractivity contribution in [3.8, 4) is 27.5 Å². The molecule has 1 aromatic heterocycles. The van der Waals surface area contributed by atoms with Gasteiger partial charge in [0.1, 0.15) is 16.8 Å². The number of nitriles is 1. The summed E-state index contributed by atoms with van der Waals surface area (Å²) in [6.45, 7) is 6.81. The molecule has 0 aliphatic carbocycles. The van der Waals surface area contributed by atoms with Crippen molar-refractivity contribution in [2.24, 2.45) is 5.92 Å². The fourth-order valence-corrected chi connectivity index (χ4v) is 2.68. The standard InChI is InChI=1S/C16H16N2O3S.Li.H/c1-10(2)8-20-14-5-4-12(6-13(14)7-17)15-18-11(3)16(22-15)21-9-19;;/h4-6,9-10H,8H2,1-3H3;;. The molecule has 0 amide bonds. The van der Waals surface area contributed by atoms with Gasteiger partial charge in [-0.15, -0.1) is 0 Å². The topological polar surface area (TPSA) is 72.2 Å². The number of benzene rings is 1. The van der Waals surface area contributed by atoms with Gasteiger partial charge in [0.2, 0.25) is 5.06 Å². The molecule has 0 aliphatic heterocycles. The van der Waals surface area contributed by atoms with E-state index >= 15 is 0 Å². The van der Waals surface area contributed by atoms with Crippen LogP contribution in [0.1, 0.15) is 25.1 Å². The minimum absolute atomic E-state index is 0. The normalized spacial score (nSPS) is 9.87. The second-order valence-electron chi connectivity index (χ2n) is 5.13. The molecular weight excluding hydrogens is 307 g/mol. The number of thiazole rings is 1. The Morgan fingerprint density at radius 1 is 1.43 bits per heavy atom. The first-order valence-electron chi connectivity index (χ1n) is 6.80. The van der Waals surface area contributed by atoms with Gasteiger partial charge in [0.05, 0.1) is 17.9 Å². The molecule has 0 radical (unpaired) electrons. The molecule has 0 spiro atoms. The predicted molar refractivity (Wildman–Crippen MR) is 91.2 cm³/mol. The number of nitrogens with zero attached hydrogens (tertiary/aromatic N) is 2. The quantitative estimate of drug-likeness (QED) is 0.603. The average Bonchev–Trinajstić information content (AvgIpc) is 2.86. The first-order valence-corrected chi connectivity index (χ1v) is 7.61. The van der Waals surface area contributed by atoms with E-state index in [4.69, 9.17) is 9.47 Å². The summed E-state index contributed by atoms with van der Waals surface area (Å²) >= 11 is 1.27. The molecule has 1 heterocycles. The molecule has 0 saturated heterocycles. The molecule has 2 rings (SSSR count).